The third-order valence-corrected chi connectivity index (χ3v) is 5.34. The summed E-state index contributed by atoms with van der Waals surface area (Å²) in [6.07, 6.45) is 2.51. The summed E-state index contributed by atoms with van der Waals surface area (Å²) in [6.45, 7) is 2.07. The first-order valence-corrected chi connectivity index (χ1v) is 10.5. The van der Waals surface area contributed by atoms with Crippen molar-refractivity contribution in [1.82, 2.24) is 10.3 Å². The van der Waals surface area contributed by atoms with Gasteiger partial charge in [-0.3, -0.25) is 9.10 Å². The van der Waals surface area contributed by atoms with Gasteiger partial charge in [0.25, 0.3) is 0 Å². The van der Waals surface area contributed by atoms with Crippen LogP contribution in [-0.4, -0.2) is 38.7 Å². The molecule has 0 spiro atoms. The number of sulfonamides is 1. The molecule has 0 fully saturated rings. The molecule has 2 aromatic rings. The normalized spacial score (nSPS) is 11.3. The van der Waals surface area contributed by atoms with Gasteiger partial charge in [0.05, 0.1) is 17.6 Å². The highest BCUT2D eigenvalue weighted by molar-refractivity contribution is 7.92. The fourth-order valence-electron chi connectivity index (χ4n) is 2.30. The molecule has 0 aliphatic heterocycles. The van der Waals surface area contributed by atoms with E-state index in [1.807, 2.05) is 18.4 Å². The molecule has 3 N–H and O–H groups in total. The topological polar surface area (TPSA) is 105 Å². The van der Waals surface area contributed by atoms with Crippen molar-refractivity contribution in [3.63, 3.8) is 0 Å². The molecule has 7 nitrogen and oxygen atoms in total. The second kappa shape index (κ2) is 8.30. The highest BCUT2D eigenvalue weighted by Gasteiger charge is 2.20. The highest BCUT2D eigenvalue weighted by Crippen LogP contribution is 2.18. The molecule has 0 radical (unpaired) electrons. The maximum Gasteiger partial charge on any atom is 0.240 e. The van der Waals surface area contributed by atoms with Crippen LogP contribution in [0.15, 0.2) is 29.6 Å². The van der Waals surface area contributed by atoms with E-state index < -0.39 is 10.0 Å². The molecule has 0 saturated carbocycles. The van der Waals surface area contributed by atoms with E-state index in [0.717, 1.165) is 21.8 Å². The minimum atomic E-state index is -3.55. The summed E-state index contributed by atoms with van der Waals surface area (Å²) in [4.78, 5) is 16.3. The number of aromatic nitrogens is 1. The molecule has 0 bridgehead atoms. The zero-order valence-electron chi connectivity index (χ0n) is 14.2. The summed E-state index contributed by atoms with van der Waals surface area (Å²) in [5.74, 6) is -0.343. The van der Waals surface area contributed by atoms with Crippen LogP contribution in [0.1, 0.15) is 17.7 Å². The molecule has 0 aliphatic rings. The Morgan fingerprint density at radius 2 is 2.16 bits per heavy atom. The number of anilines is 2. The fourth-order valence-corrected chi connectivity index (χ4v) is 3.75. The zero-order valence-corrected chi connectivity index (χ0v) is 15.9. The van der Waals surface area contributed by atoms with Crippen molar-refractivity contribution >= 4 is 38.1 Å². The summed E-state index contributed by atoms with van der Waals surface area (Å²) in [6, 6.07) is 7.05. The first-order chi connectivity index (χ1) is 11.8. The Morgan fingerprint density at radius 3 is 2.76 bits per heavy atom. The Hall–Kier alpha value is -2.13. The van der Waals surface area contributed by atoms with Crippen molar-refractivity contribution in [2.75, 3.05) is 29.4 Å². The van der Waals surface area contributed by atoms with Crippen LogP contribution < -0.4 is 15.4 Å². The lowest BCUT2D eigenvalue weighted by atomic mass is 10.2. The van der Waals surface area contributed by atoms with Crippen LogP contribution >= 0.6 is 11.3 Å². The number of nitrogens with zero attached hydrogens (tertiary/aromatic N) is 2. The first-order valence-electron chi connectivity index (χ1n) is 7.76. The van der Waals surface area contributed by atoms with Crippen LogP contribution in [0.25, 0.3) is 0 Å². The third-order valence-electron chi connectivity index (χ3n) is 3.48. The summed E-state index contributed by atoms with van der Waals surface area (Å²) in [5, 5.41) is 5.16. The molecule has 1 aromatic heterocycles. The minimum Gasteiger partial charge on any atom is -0.375 e. The van der Waals surface area contributed by atoms with Crippen LogP contribution in [0.2, 0.25) is 0 Å². The lowest BCUT2D eigenvalue weighted by molar-refractivity contribution is -0.119. The number of nitrogens with one attached hydrogen (secondary N) is 1. The monoisotopic (exact) mass is 382 g/mol. The Morgan fingerprint density at radius 1 is 1.40 bits per heavy atom. The average molecular weight is 383 g/mol. The second-order valence-electron chi connectivity index (χ2n) is 5.74. The molecule has 1 aromatic carbocycles. The number of rotatable bonds is 8. The van der Waals surface area contributed by atoms with Gasteiger partial charge in [0, 0.05) is 11.9 Å². The number of hydrogen-bond acceptors (Lipinski definition) is 6. The Bertz CT molecular complexity index is 833. The van der Waals surface area contributed by atoms with Gasteiger partial charge < -0.3 is 11.1 Å². The van der Waals surface area contributed by atoms with E-state index >= 15 is 0 Å². The van der Waals surface area contributed by atoms with Crippen molar-refractivity contribution in [2.24, 2.45) is 0 Å². The van der Waals surface area contributed by atoms with Crippen molar-refractivity contribution in [3.8, 4) is 0 Å². The number of hydrogen-bond donors (Lipinski definition) is 2. The molecule has 0 atom stereocenters. The number of nitrogens with two attached hydrogens (primary N) is 1. The summed E-state index contributed by atoms with van der Waals surface area (Å²) in [5.41, 5.74) is 7.87. The van der Waals surface area contributed by atoms with Gasteiger partial charge in [-0.05, 0) is 37.5 Å². The molecule has 0 unspecified atom stereocenters. The molecule has 0 saturated heterocycles. The standard InChI is InChI=1S/C16H22N4O3S2/c1-12-5-3-7-14(9-12)20(25(2,22)23)10-15(21)18-8-4-6-13-11-24-16(17)19-13/h3,5,7,9,11H,4,6,8,10H2,1-2H3,(H2,17,19)(H,18,21). The number of aryl methyl sites for hydroxylation is 2. The van der Waals surface area contributed by atoms with Gasteiger partial charge >= 0.3 is 0 Å². The summed E-state index contributed by atoms with van der Waals surface area (Å²) in [7, 11) is -3.55. The predicted molar refractivity (Wildman–Crippen MR) is 101 cm³/mol. The maximum absolute atomic E-state index is 12.1. The fraction of sp³-hybridized carbons (Fsp3) is 0.375. The molecule has 2 rings (SSSR count). The van der Waals surface area contributed by atoms with Crippen molar-refractivity contribution < 1.29 is 13.2 Å². The van der Waals surface area contributed by atoms with Crippen molar-refractivity contribution in [3.05, 3.63) is 40.9 Å². The first kappa shape index (κ1) is 19.2. The molecule has 136 valence electrons. The van der Waals surface area contributed by atoms with Gasteiger partial charge in [0.2, 0.25) is 15.9 Å². The Kier molecular flexibility index (Phi) is 6.38. The smallest absolute Gasteiger partial charge is 0.240 e. The number of carbonyl (C=O) groups is 1. The van der Waals surface area contributed by atoms with E-state index in [0.29, 0.717) is 30.2 Å². The maximum atomic E-state index is 12.1. The number of thiazole rings is 1. The molecular weight excluding hydrogens is 360 g/mol. The predicted octanol–water partition coefficient (Wildman–Crippen LogP) is 1.55. The molecule has 1 heterocycles. The van der Waals surface area contributed by atoms with Crippen LogP contribution in [0, 0.1) is 6.92 Å². The number of carbonyl (C=O) groups excluding carboxylic acids is 1. The van der Waals surface area contributed by atoms with Crippen molar-refractivity contribution in [1.29, 1.82) is 0 Å². The summed E-state index contributed by atoms with van der Waals surface area (Å²) < 4.78 is 25.2. The van der Waals surface area contributed by atoms with Gasteiger partial charge in [-0.2, -0.15) is 0 Å². The Balaban J connectivity index is 1.89. The lowest BCUT2D eigenvalue weighted by Crippen LogP contribution is -2.40. The lowest BCUT2D eigenvalue weighted by Gasteiger charge is -2.22. The van der Waals surface area contributed by atoms with E-state index in [4.69, 9.17) is 5.73 Å². The van der Waals surface area contributed by atoms with Gasteiger partial charge in [0.15, 0.2) is 5.13 Å². The molecule has 0 aliphatic carbocycles. The van der Waals surface area contributed by atoms with Crippen LogP contribution in [-0.2, 0) is 21.2 Å². The van der Waals surface area contributed by atoms with Crippen LogP contribution in [0.4, 0.5) is 10.8 Å². The number of amides is 1. The number of benzene rings is 1. The van der Waals surface area contributed by atoms with E-state index in [2.05, 4.69) is 10.3 Å². The average Bonchev–Trinajstić information content (AvgIpc) is 2.93. The van der Waals surface area contributed by atoms with E-state index in [9.17, 15) is 13.2 Å². The SMILES string of the molecule is Cc1cccc(N(CC(=O)NCCCc2csc(N)n2)S(C)(=O)=O)c1. The molecular formula is C16H22N4O3S2. The van der Waals surface area contributed by atoms with Crippen LogP contribution in [0.5, 0.6) is 0 Å². The minimum absolute atomic E-state index is 0.244. The highest BCUT2D eigenvalue weighted by atomic mass is 32.2. The second-order valence-corrected chi connectivity index (χ2v) is 8.54. The van der Waals surface area contributed by atoms with E-state index in [-0.39, 0.29) is 12.5 Å². The molecule has 9 heteroatoms. The molecule has 1 amide bonds. The van der Waals surface area contributed by atoms with Gasteiger partial charge in [-0.25, -0.2) is 13.4 Å². The quantitative estimate of drug-likeness (QED) is 0.674. The van der Waals surface area contributed by atoms with E-state index in [1.165, 1.54) is 11.3 Å². The van der Waals surface area contributed by atoms with E-state index in [1.54, 1.807) is 18.2 Å². The molecule has 25 heavy (non-hydrogen) atoms. The van der Waals surface area contributed by atoms with Gasteiger partial charge in [-0.15, -0.1) is 11.3 Å². The van der Waals surface area contributed by atoms with Crippen molar-refractivity contribution in [2.45, 2.75) is 19.8 Å². The largest absolute Gasteiger partial charge is 0.375 e. The Labute approximate surface area is 151 Å². The number of nitrogen functional groups attached to an aromatic ring is 1. The third kappa shape index (κ3) is 6.02. The summed E-state index contributed by atoms with van der Waals surface area (Å²) >= 11 is 1.38. The van der Waals surface area contributed by atoms with Crippen LogP contribution in [0.3, 0.4) is 0 Å². The van der Waals surface area contributed by atoms with Gasteiger partial charge in [0.1, 0.15) is 6.54 Å². The van der Waals surface area contributed by atoms with Gasteiger partial charge in [-0.1, -0.05) is 12.1 Å². The zero-order chi connectivity index (χ0) is 18.4.